The Hall–Kier alpha value is -1.18. The molecule has 0 heterocycles. The van der Waals surface area contributed by atoms with Gasteiger partial charge in [-0.15, -0.1) is 23.5 Å². The van der Waals surface area contributed by atoms with Gasteiger partial charge >= 0.3 is 0 Å². The SMILES string of the molecule is CSC(OC(SC)c1ccc(F)cc1F)c1ccc(F)cc1F. The van der Waals surface area contributed by atoms with Gasteiger partial charge in [0.25, 0.3) is 0 Å². The first kappa shape index (κ1) is 18.2. The summed E-state index contributed by atoms with van der Waals surface area (Å²) >= 11 is 2.39. The summed E-state index contributed by atoms with van der Waals surface area (Å²) in [5, 5.41) is 0. The van der Waals surface area contributed by atoms with Gasteiger partial charge in [-0.3, -0.25) is 0 Å². The standard InChI is InChI=1S/C16H14F4OS2/c1-22-15(11-5-3-9(17)7-13(11)19)21-16(23-2)12-6-4-10(18)8-14(12)20/h3-8,15-16H,1-2H3. The molecular weight excluding hydrogens is 348 g/mol. The molecule has 0 saturated heterocycles. The Morgan fingerprint density at radius 2 is 1.13 bits per heavy atom. The molecule has 2 unspecified atom stereocenters. The van der Waals surface area contributed by atoms with E-state index in [9.17, 15) is 17.6 Å². The molecule has 0 radical (unpaired) electrons. The molecular formula is C16H14F4OS2. The van der Waals surface area contributed by atoms with Crippen LogP contribution in [-0.4, -0.2) is 12.5 Å². The van der Waals surface area contributed by atoms with Gasteiger partial charge in [0.15, 0.2) is 0 Å². The molecule has 0 bridgehead atoms. The summed E-state index contributed by atoms with van der Waals surface area (Å²) in [6, 6.07) is 6.41. The van der Waals surface area contributed by atoms with E-state index in [4.69, 9.17) is 4.74 Å². The molecule has 2 rings (SSSR count). The molecule has 0 spiro atoms. The summed E-state index contributed by atoms with van der Waals surface area (Å²) in [7, 11) is 0. The fraction of sp³-hybridized carbons (Fsp3) is 0.250. The van der Waals surface area contributed by atoms with Crippen LogP contribution in [0.1, 0.15) is 22.0 Å². The zero-order valence-electron chi connectivity index (χ0n) is 12.4. The maximum Gasteiger partial charge on any atom is 0.133 e. The van der Waals surface area contributed by atoms with Crippen LogP contribution in [0.15, 0.2) is 36.4 Å². The molecule has 0 fully saturated rings. The molecule has 124 valence electrons. The summed E-state index contributed by atoms with van der Waals surface area (Å²) in [4.78, 5) is 0. The Kier molecular flexibility index (Phi) is 6.38. The van der Waals surface area contributed by atoms with Crippen molar-refractivity contribution in [3.05, 3.63) is 70.8 Å². The number of benzene rings is 2. The summed E-state index contributed by atoms with van der Waals surface area (Å²) in [5.74, 6) is -2.83. The van der Waals surface area contributed by atoms with Crippen LogP contribution >= 0.6 is 23.5 Å². The van der Waals surface area contributed by atoms with E-state index in [2.05, 4.69) is 0 Å². The van der Waals surface area contributed by atoms with Crippen molar-refractivity contribution < 1.29 is 22.3 Å². The number of ether oxygens (including phenoxy) is 1. The first-order valence-electron chi connectivity index (χ1n) is 6.57. The van der Waals surface area contributed by atoms with Crippen LogP contribution in [0.2, 0.25) is 0 Å². The summed E-state index contributed by atoms with van der Waals surface area (Å²) < 4.78 is 59.6. The number of thioether (sulfide) groups is 2. The fourth-order valence-corrected chi connectivity index (χ4v) is 3.41. The van der Waals surface area contributed by atoms with Gasteiger partial charge in [0, 0.05) is 23.3 Å². The van der Waals surface area contributed by atoms with Crippen molar-refractivity contribution in [3.8, 4) is 0 Å². The van der Waals surface area contributed by atoms with Crippen molar-refractivity contribution in [1.29, 1.82) is 0 Å². The quantitative estimate of drug-likeness (QED) is 0.483. The molecule has 0 aliphatic rings. The second-order valence-corrected chi connectivity index (χ2v) is 6.40. The molecule has 0 N–H and O–H groups in total. The molecule has 2 atom stereocenters. The molecule has 23 heavy (non-hydrogen) atoms. The van der Waals surface area contributed by atoms with E-state index >= 15 is 0 Å². The molecule has 0 aliphatic heterocycles. The van der Waals surface area contributed by atoms with Crippen LogP contribution in [0.3, 0.4) is 0 Å². The third-order valence-corrected chi connectivity index (χ3v) is 4.69. The van der Waals surface area contributed by atoms with Gasteiger partial charge in [0.2, 0.25) is 0 Å². The predicted molar refractivity (Wildman–Crippen MR) is 86.3 cm³/mol. The normalized spacial score (nSPS) is 13.8. The van der Waals surface area contributed by atoms with Crippen LogP contribution in [0.4, 0.5) is 17.6 Å². The highest BCUT2D eigenvalue weighted by molar-refractivity contribution is 7.99. The molecule has 0 aromatic heterocycles. The van der Waals surface area contributed by atoms with Crippen LogP contribution < -0.4 is 0 Å². The second-order valence-electron chi connectivity index (χ2n) is 4.60. The lowest BCUT2D eigenvalue weighted by Gasteiger charge is -2.23. The molecule has 7 heteroatoms. The first-order chi connectivity index (χ1) is 11.0. The minimum atomic E-state index is -0.752. The van der Waals surface area contributed by atoms with Crippen molar-refractivity contribution in [3.63, 3.8) is 0 Å². The second kappa shape index (κ2) is 8.08. The summed E-state index contributed by atoms with van der Waals surface area (Å²) in [6.07, 6.45) is 3.40. The first-order valence-corrected chi connectivity index (χ1v) is 9.14. The Morgan fingerprint density at radius 1 is 0.739 bits per heavy atom. The molecule has 0 aliphatic carbocycles. The molecule has 0 amide bonds. The van der Waals surface area contributed by atoms with E-state index in [1.165, 1.54) is 35.7 Å². The molecule has 2 aromatic carbocycles. The number of rotatable bonds is 6. The van der Waals surface area contributed by atoms with Crippen LogP contribution in [0.25, 0.3) is 0 Å². The van der Waals surface area contributed by atoms with E-state index < -0.39 is 34.1 Å². The lowest BCUT2D eigenvalue weighted by atomic mass is 10.2. The Balaban J connectivity index is 2.28. The zero-order chi connectivity index (χ0) is 17.0. The number of hydrogen-bond acceptors (Lipinski definition) is 3. The Bertz CT molecular complexity index is 624. The van der Waals surface area contributed by atoms with Crippen molar-refractivity contribution in [2.45, 2.75) is 10.9 Å². The lowest BCUT2D eigenvalue weighted by Crippen LogP contribution is -2.09. The Labute approximate surface area is 140 Å². The van der Waals surface area contributed by atoms with E-state index in [1.54, 1.807) is 12.5 Å². The van der Waals surface area contributed by atoms with Gasteiger partial charge < -0.3 is 4.74 Å². The maximum absolute atomic E-state index is 13.9. The minimum Gasteiger partial charge on any atom is -0.344 e. The van der Waals surface area contributed by atoms with E-state index in [-0.39, 0.29) is 11.1 Å². The highest BCUT2D eigenvalue weighted by Gasteiger charge is 2.23. The predicted octanol–water partition coefficient (Wildman–Crippen LogP) is 5.68. The van der Waals surface area contributed by atoms with E-state index in [0.717, 1.165) is 24.3 Å². The van der Waals surface area contributed by atoms with E-state index in [1.807, 2.05) is 0 Å². The minimum absolute atomic E-state index is 0.167. The van der Waals surface area contributed by atoms with Gasteiger partial charge in [0.1, 0.15) is 34.1 Å². The third-order valence-electron chi connectivity index (χ3n) is 3.11. The molecule has 2 aromatic rings. The monoisotopic (exact) mass is 362 g/mol. The number of hydrogen-bond donors (Lipinski definition) is 0. The van der Waals surface area contributed by atoms with Crippen molar-refractivity contribution >= 4 is 23.5 Å². The van der Waals surface area contributed by atoms with Crippen LogP contribution in [0, 0.1) is 23.3 Å². The highest BCUT2D eigenvalue weighted by Crippen LogP contribution is 2.40. The zero-order valence-corrected chi connectivity index (χ0v) is 14.0. The van der Waals surface area contributed by atoms with Gasteiger partial charge in [0.05, 0.1) is 0 Å². The van der Waals surface area contributed by atoms with Crippen molar-refractivity contribution in [2.24, 2.45) is 0 Å². The molecule has 1 nitrogen and oxygen atoms in total. The summed E-state index contributed by atoms with van der Waals surface area (Å²) in [5.41, 5.74) is -1.17. The Morgan fingerprint density at radius 3 is 1.43 bits per heavy atom. The smallest absolute Gasteiger partial charge is 0.133 e. The van der Waals surface area contributed by atoms with Gasteiger partial charge in [-0.25, -0.2) is 17.6 Å². The van der Waals surface area contributed by atoms with Gasteiger partial charge in [-0.05, 0) is 36.8 Å². The highest BCUT2D eigenvalue weighted by atomic mass is 32.2. The fourth-order valence-electron chi connectivity index (χ4n) is 2.01. The largest absolute Gasteiger partial charge is 0.344 e. The van der Waals surface area contributed by atoms with Gasteiger partial charge in [-0.1, -0.05) is 0 Å². The van der Waals surface area contributed by atoms with Crippen LogP contribution in [0.5, 0.6) is 0 Å². The maximum atomic E-state index is 13.9. The molecule has 0 saturated carbocycles. The lowest BCUT2D eigenvalue weighted by molar-refractivity contribution is 0.0880. The van der Waals surface area contributed by atoms with E-state index in [0.29, 0.717) is 0 Å². The van der Waals surface area contributed by atoms with Crippen LogP contribution in [-0.2, 0) is 4.74 Å². The van der Waals surface area contributed by atoms with Gasteiger partial charge in [-0.2, -0.15) is 0 Å². The summed E-state index contributed by atoms with van der Waals surface area (Å²) in [6.45, 7) is 0. The topological polar surface area (TPSA) is 9.23 Å². The average molecular weight is 362 g/mol. The van der Waals surface area contributed by atoms with Crippen molar-refractivity contribution in [2.75, 3.05) is 12.5 Å². The average Bonchev–Trinajstić information content (AvgIpc) is 2.50. The third kappa shape index (κ3) is 4.43. The number of halogens is 4. The van der Waals surface area contributed by atoms with Crippen molar-refractivity contribution in [1.82, 2.24) is 0 Å².